The van der Waals surface area contributed by atoms with Crippen molar-refractivity contribution in [1.82, 2.24) is 9.62 Å². The smallest absolute Gasteiger partial charge is 0.345 e. The summed E-state index contributed by atoms with van der Waals surface area (Å²) in [6.45, 7) is 1.65. The predicted octanol–water partition coefficient (Wildman–Crippen LogP) is 1.36. The average molecular weight is 399 g/mol. The third-order valence-corrected chi connectivity index (χ3v) is 6.64. The Hall–Kier alpha value is -0.970. The van der Waals surface area contributed by atoms with Crippen LogP contribution in [0.5, 0.6) is 0 Å². The molecular formula is C11H15BrN2O5S2. The van der Waals surface area contributed by atoms with Crippen molar-refractivity contribution in [1.29, 1.82) is 0 Å². The molecule has 0 saturated carbocycles. The van der Waals surface area contributed by atoms with Gasteiger partial charge in [0.05, 0.1) is 10.3 Å². The molecule has 0 unspecified atom stereocenters. The molecule has 0 aliphatic heterocycles. The predicted molar refractivity (Wildman–Crippen MR) is 82.1 cm³/mol. The van der Waals surface area contributed by atoms with Crippen LogP contribution in [0.1, 0.15) is 23.0 Å². The maximum Gasteiger partial charge on any atom is 0.345 e. The van der Waals surface area contributed by atoms with Gasteiger partial charge in [0.2, 0.25) is 15.9 Å². The molecule has 7 nitrogen and oxygen atoms in total. The summed E-state index contributed by atoms with van der Waals surface area (Å²) in [6, 6.07) is 1.10. The monoisotopic (exact) mass is 398 g/mol. The Morgan fingerprint density at radius 3 is 2.52 bits per heavy atom. The van der Waals surface area contributed by atoms with Crippen molar-refractivity contribution in [2.24, 2.45) is 0 Å². The van der Waals surface area contributed by atoms with Gasteiger partial charge in [-0.05, 0) is 28.4 Å². The van der Waals surface area contributed by atoms with Crippen molar-refractivity contribution in [2.45, 2.75) is 18.2 Å². The van der Waals surface area contributed by atoms with Gasteiger partial charge in [0.25, 0.3) is 0 Å². The average Bonchev–Trinajstić information content (AvgIpc) is 2.81. The van der Waals surface area contributed by atoms with E-state index in [0.717, 1.165) is 21.7 Å². The highest BCUT2D eigenvalue weighted by atomic mass is 79.9. The van der Waals surface area contributed by atoms with Gasteiger partial charge in [-0.1, -0.05) is 6.92 Å². The Bertz CT molecular complexity index is 641. The molecule has 0 fully saturated rings. The Labute approximate surface area is 135 Å². The number of sulfonamides is 1. The Morgan fingerprint density at radius 2 is 2.10 bits per heavy atom. The van der Waals surface area contributed by atoms with E-state index >= 15 is 0 Å². The number of nitrogens with one attached hydrogen (secondary N) is 1. The molecule has 2 N–H and O–H groups in total. The fourth-order valence-corrected chi connectivity index (χ4v) is 5.39. The minimum atomic E-state index is -3.94. The standard InChI is InChI=1S/C11H15BrN2O5S2/c1-3-4-14(6-9(15)13-2)21(18,19)8-5-7(11(16)17)20-10(8)12/h5H,3-4,6H2,1-2H3,(H,13,15)(H,16,17). The second kappa shape index (κ2) is 7.34. The lowest BCUT2D eigenvalue weighted by Gasteiger charge is -2.20. The highest BCUT2D eigenvalue weighted by Crippen LogP contribution is 2.33. The van der Waals surface area contributed by atoms with E-state index in [1.54, 1.807) is 6.92 Å². The van der Waals surface area contributed by atoms with Gasteiger partial charge in [-0.15, -0.1) is 11.3 Å². The van der Waals surface area contributed by atoms with Crippen molar-refractivity contribution in [3.63, 3.8) is 0 Å². The quantitative estimate of drug-likeness (QED) is 0.721. The van der Waals surface area contributed by atoms with Crippen LogP contribution in [0.2, 0.25) is 0 Å². The van der Waals surface area contributed by atoms with Crippen LogP contribution in [0, 0.1) is 0 Å². The fraction of sp³-hybridized carbons (Fsp3) is 0.455. The zero-order valence-corrected chi connectivity index (χ0v) is 14.6. The molecule has 0 atom stereocenters. The number of hydrogen-bond donors (Lipinski definition) is 2. The van der Waals surface area contributed by atoms with Gasteiger partial charge < -0.3 is 10.4 Å². The molecule has 10 heteroatoms. The molecule has 1 aromatic heterocycles. The largest absolute Gasteiger partial charge is 0.477 e. The molecule has 0 radical (unpaired) electrons. The summed E-state index contributed by atoms with van der Waals surface area (Å²) in [5.74, 6) is -1.63. The Balaban J connectivity index is 3.22. The van der Waals surface area contributed by atoms with E-state index in [1.807, 2.05) is 0 Å². The van der Waals surface area contributed by atoms with Crippen LogP contribution < -0.4 is 5.32 Å². The minimum Gasteiger partial charge on any atom is -0.477 e. The molecule has 0 spiro atoms. The lowest BCUT2D eigenvalue weighted by atomic mass is 10.4. The summed E-state index contributed by atoms with van der Waals surface area (Å²) in [6.07, 6.45) is 0.532. The van der Waals surface area contributed by atoms with Crippen molar-refractivity contribution < 1.29 is 23.1 Å². The lowest BCUT2D eigenvalue weighted by molar-refractivity contribution is -0.120. The van der Waals surface area contributed by atoms with Gasteiger partial charge in [0.1, 0.15) is 9.77 Å². The highest BCUT2D eigenvalue weighted by molar-refractivity contribution is 9.11. The number of amides is 1. The summed E-state index contributed by atoms with van der Waals surface area (Å²) in [7, 11) is -2.52. The zero-order chi connectivity index (χ0) is 16.2. The first-order valence-electron chi connectivity index (χ1n) is 5.97. The lowest BCUT2D eigenvalue weighted by Crippen LogP contribution is -2.40. The summed E-state index contributed by atoms with van der Waals surface area (Å²) in [4.78, 5) is 22.2. The molecule has 118 valence electrons. The van der Waals surface area contributed by atoms with Crippen molar-refractivity contribution >= 4 is 49.2 Å². The SMILES string of the molecule is CCCN(CC(=O)NC)S(=O)(=O)c1cc(C(=O)O)sc1Br. The second-order valence-electron chi connectivity index (χ2n) is 4.07. The first-order chi connectivity index (χ1) is 9.73. The molecule has 0 aromatic carbocycles. The molecule has 0 aliphatic rings. The van der Waals surface area contributed by atoms with E-state index in [2.05, 4.69) is 21.2 Å². The van der Waals surface area contributed by atoms with Crippen LogP contribution in [-0.2, 0) is 14.8 Å². The number of carboxylic acid groups (broad SMARTS) is 1. The number of carboxylic acids is 1. The maximum absolute atomic E-state index is 12.6. The molecule has 1 aromatic rings. The van der Waals surface area contributed by atoms with Crippen molar-refractivity contribution in [2.75, 3.05) is 20.1 Å². The third-order valence-electron chi connectivity index (χ3n) is 2.56. The van der Waals surface area contributed by atoms with Crippen LogP contribution in [-0.4, -0.2) is 49.8 Å². The summed E-state index contributed by atoms with van der Waals surface area (Å²) >= 11 is 3.89. The van der Waals surface area contributed by atoms with E-state index < -0.39 is 21.9 Å². The van der Waals surface area contributed by atoms with Crippen LogP contribution in [0.25, 0.3) is 0 Å². The molecule has 0 saturated heterocycles. The molecule has 21 heavy (non-hydrogen) atoms. The molecule has 1 amide bonds. The van der Waals surface area contributed by atoms with E-state index in [9.17, 15) is 18.0 Å². The van der Waals surface area contributed by atoms with Gasteiger partial charge in [-0.25, -0.2) is 13.2 Å². The number of rotatable bonds is 7. The molecule has 1 heterocycles. The normalized spacial score (nSPS) is 11.6. The molecule has 1 rings (SSSR count). The Kier molecular flexibility index (Phi) is 6.32. The van der Waals surface area contributed by atoms with Crippen molar-refractivity contribution in [3.05, 3.63) is 14.7 Å². The van der Waals surface area contributed by atoms with Crippen LogP contribution >= 0.6 is 27.3 Å². The van der Waals surface area contributed by atoms with E-state index in [-0.39, 0.29) is 26.6 Å². The van der Waals surface area contributed by atoms with E-state index in [1.165, 1.54) is 7.05 Å². The maximum atomic E-state index is 12.6. The molecule has 0 bridgehead atoms. The Morgan fingerprint density at radius 1 is 1.48 bits per heavy atom. The minimum absolute atomic E-state index is 0.0863. The number of carbonyl (C=O) groups excluding carboxylic acids is 1. The number of hydrogen-bond acceptors (Lipinski definition) is 5. The number of nitrogens with zero attached hydrogens (tertiary/aromatic N) is 1. The zero-order valence-electron chi connectivity index (χ0n) is 11.4. The van der Waals surface area contributed by atoms with Gasteiger partial charge in [-0.3, -0.25) is 4.79 Å². The van der Waals surface area contributed by atoms with E-state index in [4.69, 9.17) is 5.11 Å². The second-order valence-corrected chi connectivity index (χ2v) is 8.34. The van der Waals surface area contributed by atoms with Gasteiger partial charge >= 0.3 is 5.97 Å². The van der Waals surface area contributed by atoms with Crippen LogP contribution in [0.4, 0.5) is 0 Å². The number of carbonyl (C=O) groups is 2. The third kappa shape index (κ3) is 4.25. The first-order valence-corrected chi connectivity index (χ1v) is 9.02. The highest BCUT2D eigenvalue weighted by Gasteiger charge is 2.30. The van der Waals surface area contributed by atoms with E-state index in [0.29, 0.717) is 6.42 Å². The first kappa shape index (κ1) is 18.1. The summed E-state index contributed by atoms with van der Waals surface area (Å²) in [5, 5.41) is 11.3. The van der Waals surface area contributed by atoms with Gasteiger partial charge in [0.15, 0.2) is 0 Å². The number of likely N-dealkylation sites (N-methyl/N-ethyl adjacent to an activating group) is 1. The summed E-state index contributed by atoms with van der Waals surface area (Å²) in [5.41, 5.74) is 0. The van der Waals surface area contributed by atoms with Gasteiger partial charge in [-0.2, -0.15) is 4.31 Å². The van der Waals surface area contributed by atoms with Crippen LogP contribution in [0.3, 0.4) is 0 Å². The molecular weight excluding hydrogens is 384 g/mol. The van der Waals surface area contributed by atoms with Crippen molar-refractivity contribution in [3.8, 4) is 0 Å². The number of aromatic carboxylic acids is 1. The van der Waals surface area contributed by atoms with Crippen LogP contribution in [0.15, 0.2) is 14.7 Å². The number of thiophene rings is 1. The fourth-order valence-electron chi connectivity index (χ4n) is 1.55. The summed E-state index contributed by atoms with van der Waals surface area (Å²) < 4.78 is 26.4. The number of halogens is 1. The topological polar surface area (TPSA) is 104 Å². The molecule has 0 aliphatic carbocycles. The van der Waals surface area contributed by atoms with Gasteiger partial charge in [0, 0.05) is 13.6 Å².